The second-order valence-electron chi connectivity index (χ2n) is 4.66. The van der Waals surface area contributed by atoms with Gasteiger partial charge in [0.05, 0.1) is 14.2 Å². The molecule has 0 saturated carbocycles. The molecule has 0 spiro atoms. The van der Waals surface area contributed by atoms with Crippen LogP contribution in [0.4, 0.5) is 10.5 Å². The van der Waals surface area contributed by atoms with E-state index in [0.717, 1.165) is 11.3 Å². The highest BCUT2D eigenvalue weighted by Gasteiger charge is 2.04. The van der Waals surface area contributed by atoms with E-state index in [1.807, 2.05) is 24.3 Å². The Balaban J connectivity index is 2.02. The van der Waals surface area contributed by atoms with Gasteiger partial charge in [-0.15, -0.1) is 0 Å². The summed E-state index contributed by atoms with van der Waals surface area (Å²) >= 11 is 0. The van der Waals surface area contributed by atoms with E-state index in [1.54, 1.807) is 37.5 Å². The van der Waals surface area contributed by atoms with E-state index in [-0.39, 0.29) is 5.78 Å². The highest BCUT2D eigenvalue weighted by atomic mass is 16.5. The highest BCUT2D eigenvalue weighted by molar-refractivity contribution is 6.07. The Morgan fingerprint density at radius 1 is 0.957 bits per heavy atom. The second-order valence-corrected chi connectivity index (χ2v) is 4.66. The minimum Gasteiger partial charge on any atom is -0.497 e. The molecule has 0 atom stereocenters. The topological polar surface area (TPSA) is 64.6 Å². The summed E-state index contributed by atoms with van der Waals surface area (Å²) in [6.07, 6.45) is 2.69. The molecule has 5 heteroatoms. The third-order valence-corrected chi connectivity index (χ3v) is 3.14. The average Bonchev–Trinajstić information content (AvgIpc) is 2.60. The molecule has 2 rings (SSSR count). The number of carbonyl (C=O) groups excluding carboxylic acids is 2. The molecule has 118 valence electrons. The fourth-order valence-electron chi connectivity index (χ4n) is 1.87. The lowest BCUT2D eigenvalue weighted by atomic mass is 10.1. The number of hydrogen-bond donors (Lipinski definition) is 1. The van der Waals surface area contributed by atoms with Crippen molar-refractivity contribution in [2.45, 2.75) is 0 Å². The number of hydrogen-bond acceptors (Lipinski definition) is 4. The standard InChI is InChI=1S/C18H17NO4/c1-22-16-10-3-13(4-11-16)5-12-17(20)14-6-8-15(9-7-14)19-18(21)23-2/h3-12H,1-2H3,(H,19,21)/b12-5+. The molecular weight excluding hydrogens is 294 g/mol. The molecule has 0 radical (unpaired) electrons. The number of ketones is 1. The van der Waals surface area contributed by atoms with Gasteiger partial charge >= 0.3 is 6.09 Å². The smallest absolute Gasteiger partial charge is 0.411 e. The number of carbonyl (C=O) groups is 2. The summed E-state index contributed by atoms with van der Waals surface area (Å²) in [6.45, 7) is 0. The van der Waals surface area contributed by atoms with Gasteiger partial charge in [0.1, 0.15) is 5.75 Å². The molecule has 0 fully saturated rings. The number of methoxy groups -OCH3 is 2. The Morgan fingerprint density at radius 3 is 2.17 bits per heavy atom. The third-order valence-electron chi connectivity index (χ3n) is 3.14. The summed E-state index contributed by atoms with van der Waals surface area (Å²) < 4.78 is 9.58. The number of nitrogens with one attached hydrogen (secondary N) is 1. The van der Waals surface area contributed by atoms with Crippen LogP contribution in [0, 0.1) is 0 Å². The van der Waals surface area contributed by atoms with Crippen molar-refractivity contribution in [1.29, 1.82) is 0 Å². The van der Waals surface area contributed by atoms with E-state index in [9.17, 15) is 9.59 Å². The molecule has 2 aromatic rings. The average molecular weight is 311 g/mol. The normalized spacial score (nSPS) is 10.3. The summed E-state index contributed by atoms with van der Waals surface area (Å²) in [4.78, 5) is 23.2. The van der Waals surface area contributed by atoms with E-state index in [4.69, 9.17) is 4.74 Å². The molecule has 0 unspecified atom stereocenters. The fraction of sp³-hybridized carbons (Fsp3) is 0.111. The maximum atomic E-state index is 12.1. The number of amides is 1. The van der Waals surface area contributed by atoms with Crippen LogP contribution in [0.3, 0.4) is 0 Å². The minimum absolute atomic E-state index is 0.120. The van der Waals surface area contributed by atoms with Gasteiger partial charge in [-0.2, -0.15) is 0 Å². The fourth-order valence-corrected chi connectivity index (χ4v) is 1.87. The zero-order valence-corrected chi connectivity index (χ0v) is 12.9. The molecule has 23 heavy (non-hydrogen) atoms. The summed E-state index contributed by atoms with van der Waals surface area (Å²) in [5.41, 5.74) is 2.00. The second kappa shape index (κ2) is 7.79. The van der Waals surface area contributed by atoms with Gasteiger partial charge in [-0.25, -0.2) is 4.79 Å². The molecular formula is C18H17NO4. The first-order valence-corrected chi connectivity index (χ1v) is 6.94. The number of anilines is 1. The molecule has 5 nitrogen and oxygen atoms in total. The van der Waals surface area contributed by atoms with Crippen molar-refractivity contribution in [3.8, 4) is 5.75 Å². The van der Waals surface area contributed by atoms with E-state index < -0.39 is 6.09 Å². The van der Waals surface area contributed by atoms with E-state index >= 15 is 0 Å². The van der Waals surface area contributed by atoms with Gasteiger partial charge < -0.3 is 9.47 Å². The lowest BCUT2D eigenvalue weighted by molar-refractivity contribution is 0.104. The lowest BCUT2D eigenvalue weighted by Crippen LogP contribution is -2.10. The molecule has 1 amide bonds. The van der Waals surface area contributed by atoms with E-state index in [1.165, 1.54) is 13.2 Å². The van der Waals surface area contributed by atoms with Crippen LogP contribution < -0.4 is 10.1 Å². The molecule has 0 bridgehead atoms. The summed E-state index contributed by atoms with van der Waals surface area (Å²) in [7, 11) is 2.89. The number of ether oxygens (including phenoxy) is 2. The van der Waals surface area contributed by atoms with Gasteiger partial charge in [-0.1, -0.05) is 18.2 Å². The van der Waals surface area contributed by atoms with Crippen molar-refractivity contribution in [2.24, 2.45) is 0 Å². The van der Waals surface area contributed by atoms with Crippen LogP contribution in [-0.2, 0) is 4.74 Å². The number of allylic oxidation sites excluding steroid dienone is 1. The van der Waals surface area contributed by atoms with E-state index in [0.29, 0.717) is 11.3 Å². The molecule has 0 aliphatic carbocycles. The maximum absolute atomic E-state index is 12.1. The molecule has 0 aromatic heterocycles. The van der Waals surface area contributed by atoms with Crippen LogP contribution in [-0.4, -0.2) is 26.1 Å². The van der Waals surface area contributed by atoms with Crippen LogP contribution in [0.1, 0.15) is 15.9 Å². The van der Waals surface area contributed by atoms with Gasteiger partial charge in [0.2, 0.25) is 0 Å². The molecule has 1 N–H and O–H groups in total. The third kappa shape index (κ3) is 4.71. The van der Waals surface area contributed by atoms with Gasteiger partial charge in [-0.3, -0.25) is 10.1 Å². The van der Waals surface area contributed by atoms with Gasteiger partial charge in [-0.05, 0) is 48.0 Å². The quantitative estimate of drug-likeness (QED) is 0.674. The van der Waals surface area contributed by atoms with Crippen LogP contribution in [0.15, 0.2) is 54.6 Å². The summed E-state index contributed by atoms with van der Waals surface area (Å²) in [6, 6.07) is 14.0. The minimum atomic E-state index is -0.552. The Labute approximate surface area is 134 Å². The summed E-state index contributed by atoms with van der Waals surface area (Å²) in [5.74, 6) is 0.646. The Kier molecular flexibility index (Phi) is 5.52. The molecule has 2 aromatic carbocycles. The van der Waals surface area contributed by atoms with Gasteiger partial charge in [0.25, 0.3) is 0 Å². The Hall–Kier alpha value is -3.08. The van der Waals surface area contributed by atoms with Crippen molar-refractivity contribution in [3.63, 3.8) is 0 Å². The SMILES string of the molecule is COC(=O)Nc1ccc(C(=O)/C=C/c2ccc(OC)cc2)cc1. The molecule has 0 heterocycles. The largest absolute Gasteiger partial charge is 0.497 e. The van der Waals surface area contributed by atoms with Gasteiger partial charge in [0, 0.05) is 11.3 Å². The van der Waals surface area contributed by atoms with Crippen molar-refractivity contribution in [3.05, 3.63) is 65.7 Å². The first-order valence-electron chi connectivity index (χ1n) is 6.94. The Morgan fingerprint density at radius 2 is 1.61 bits per heavy atom. The predicted octanol–water partition coefficient (Wildman–Crippen LogP) is 3.77. The van der Waals surface area contributed by atoms with Crippen LogP contribution in [0.25, 0.3) is 6.08 Å². The van der Waals surface area contributed by atoms with Gasteiger partial charge in [0.15, 0.2) is 5.78 Å². The van der Waals surface area contributed by atoms with Crippen molar-refractivity contribution < 1.29 is 19.1 Å². The highest BCUT2D eigenvalue weighted by Crippen LogP contribution is 2.14. The zero-order valence-electron chi connectivity index (χ0n) is 12.9. The zero-order chi connectivity index (χ0) is 16.7. The molecule has 0 aliphatic rings. The maximum Gasteiger partial charge on any atom is 0.411 e. The van der Waals surface area contributed by atoms with Crippen molar-refractivity contribution >= 4 is 23.6 Å². The molecule has 0 aliphatic heterocycles. The predicted molar refractivity (Wildman–Crippen MR) is 88.8 cm³/mol. The van der Waals surface area contributed by atoms with Crippen LogP contribution in [0.2, 0.25) is 0 Å². The van der Waals surface area contributed by atoms with Crippen LogP contribution >= 0.6 is 0 Å². The van der Waals surface area contributed by atoms with E-state index in [2.05, 4.69) is 10.1 Å². The number of benzene rings is 2. The number of rotatable bonds is 5. The monoisotopic (exact) mass is 311 g/mol. The van der Waals surface area contributed by atoms with Crippen molar-refractivity contribution in [1.82, 2.24) is 0 Å². The van der Waals surface area contributed by atoms with Crippen molar-refractivity contribution in [2.75, 3.05) is 19.5 Å². The van der Waals surface area contributed by atoms with Crippen LogP contribution in [0.5, 0.6) is 5.75 Å². The lowest BCUT2D eigenvalue weighted by Gasteiger charge is -2.03. The molecule has 0 saturated heterocycles. The first-order chi connectivity index (χ1) is 11.1. The Bertz CT molecular complexity index is 703. The first kappa shape index (κ1) is 16.3. The summed E-state index contributed by atoms with van der Waals surface area (Å²) in [5, 5.41) is 2.52.